The summed E-state index contributed by atoms with van der Waals surface area (Å²) in [5, 5.41) is 21.7. The Morgan fingerprint density at radius 3 is 1.43 bits per heavy atom. The van der Waals surface area contributed by atoms with E-state index in [1.165, 1.54) is 36.8 Å². The molecule has 0 spiro atoms. The number of halogens is 4. The van der Waals surface area contributed by atoms with Crippen LogP contribution in [0.3, 0.4) is 0 Å². The van der Waals surface area contributed by atoms with E-state index < -0.39 is 0 Å². The highest BCUT2D eigenvalue weighted by molar-refractivity contribution is 9.10. The van der Waals surface area contributed by atoms with Crippen LogP contribution in [0.2, 0.25) is 0 Å². The zero-order valence-electron chi connectivity index (χ0n) is 28.1. The molecule has 0 radical (unpaired) electrons. The van der Waals surface area contributed by atoms with Gasteiger partial charge >= 0.3 is 0 Å². The normalized spacial score (nSPS) is 17.8. The average Bonchev–Trinajstić information content (AvgIpc) is 3.67. The van der Waals surface area contributed by atoms with Crippen molar-refractivity contribution in [3.63, 3.8) is 0 Å². The first kappa shape index (κ1) is 41.1. The van der Waals surface area contributed by atoms with E-state index in [1.807, 2.05) is 48.5 Å². The number of phenolic OH excluding ortho intramolecular Hbond substituents is 2. The van der Waals surface area contributed by atoms with E-state index in [9.17, 15) is 10.2 Å². The predicted octanol–water partition coefficient (Wildman–Crippen LogP) is 10.9. The monoisotopic (exact) mass is 948 g/mol. The third kappa shape index (κ3) is 10.7. The molecule has 4 heterocycles. The molecule has 272 valence electrons. The summed E-state index contributed by atoms with van der Waals surface area (Å²) in [5.74, 6) is 3.69. The lowest BCUT2D eigenvalue weighted by Gasteiger charge is -2.32. The van der Waals surface area contributed by atoms with E-state index in [1.54, 1.807) is 12.1 Å². The second-order valence-electron chi connectivity index (χ2n) is 13.1. The SMILES string of the molecule is Br.Br.O.Oc1cccc(C2CCCN(Cc3cc4cc(Br)ccc4o3)C2)c1.Oc1cccc(C2CCCN(Cc3cc4cc(Br)ccc4o3)C2)c1. The van der Waals surface area contributed by atoms with Crippen molar-refractivity contribution in [3.8, 4) is 11.5 Å². The molecule has 2 atom stereocenters. The van der Waals surface area contributed by atoms with Crippen molar-refractivity contribution in [2.24, 2.45) is 0 Å². The molecule has 0 amide bonds. The van der Waals surface area contributed by atoms with Crippen molar-refractivity contribution >= 4 is 87.8 Å². The van der Waals surface area contributed by atoms with Crippen molar-refractivity contribution in [1.82, 2.24) is 9.80 Å². The van der Waals surface area contributed by atoms with Crippen LogP contribution in [-0.2, 0) is 13.1 Å². The number of likely N-dealkylation sites (tertiary alicyclic amines) is 2. The van der Waals surface area contributed by atoms with E-state index in [0.29, 0.717) is 23.3 Å². The molecule has 0 bridgehead atoms. The van der Waals surface area contributed by atoms with Crippen LogP contribution in [0.4, 0.5) is 0 Å². The number of hydrogen-bond acceptors (Lipinski definition) is 6. The van der Waals surface area contributed by atoms with Crippen LogP contribution in [0.1, 0.15) is 60.2 Å². The van der Waals surface area contributed by atoms with Gasteiger partial charge in [-0.05, 0) is 135 Å². The van der Waals surface area contributed by atoms with Crippen LogP contribution in [0, 0.1) is 0 Å². The smallest absolute Gasteiger partial charge is 0.134 e. The lowest BCUT2D eigenvalue weighted by Crippen LogP contribution is -2.33. The Bertz CT molecular complexity index is 1870. The van der Waals surface area contributed by atoms with Crippen LogP contribution in [0.25, 0.3) is 21.9 Å². The molecule has 51 heavy (non-hydrogen) atoms. The molecule has 8 rings (SSSR count). The Hall–Kier alpha value is -2.64. The third-order valence-corrected chi connectivity index (χ3v) is 10.5. The predicted molar refractivity (Wildman–Crippen MR) is 223 cm³/mol. The fourth-order valence-corrected chi connectivity index (χ4v) is 7.99. The van der Waals surface area contributed by atoms with Gasteiger partial charge in [0, 0.05) is 32.8 Å². The van der Waals surface area contributed by atoms with Crippen molar-refractivity contribution in [2.45, 2.75) is 50.6 Å². The number of rotatable bonds is 6. The van der Waals surface area contributed by atoms with Gasteiger partial charge in [0.1, 0.15) is 34.2 Å². The number of fused-ring (bicyclic) bond motifs is 2. The molecule has 4 N–H and O–H groups in total. The molecular formula is C40H44Br4N2O5. The fourth-order valence-electron chi connectivity index (χ4n) is 7.23. The minimum Gasteiger partial charge on any atom is -0.508 e. The quantitative estimate of drug-likeness (QED) is 0.172. The highest BCUT2D eigenvalue weighted by atomic mass is 79.9. The minimum atomic E-state index is 0. The molecule has 11 heteroatoms. The summed E-state index contributed by atoms with van der Waals surface area (Å²) < 4.78 is 14.1. The summed E-state index contributed by atoms with van der Waals surface area (Å²) >= 11 is 7.01. The molecule has 0 aliphatic carbocycles. The largest absolute Gasteiger partial charge is 0.508 e. The summed E-state index contributed by atoms with van der Waals surface area (Å²) in [4.78, 5) is 4.90. The Kier molecular flexibility index (Phi) is 15.2. The van der Waals surface area contributed by atoms with Crippen LogP contribution in [-0.4, -0.2) is 51.7 Å². The highest BCUT2D eigenvalue weighted by Crippen LogP contribution is 2.32. The number of nitrogens with zero attached hydrogens (tertiary/aromatic N) is 2. The molecular weight excluding hydrogens is 908 g/mol. The number of hydrogen-bond donors (Lipinski definition) is 2. The third-order valence-electron chi connectivity index (χ3n) is 9.51. The molecule has 7 nitrogen and oxygen atoms in total. The van der Waals surface area contributed by atoms with Crippen molar-refractivity contribution < 1.29 is 24.5 Å². The van der Waals surface area contributed by atoms with Gasteiger partial charge in [0.15, 0.2) is 0 Å². The highest BCUT2D eigenvalue weighted by Gasteiger charge is 2.24. The Balaban J connectivity index is 0.000000216. The molecule has 2 aliphatic rings. The van der Waals surface area contributed by atoms with E-state index in [0.717, 1.165) is 81.7 Å². The molecule has 2 aliphatic heterocycles. The Morgan fingerprint density at radius 1 is 0.588 bits per heavy atom. The maximum Gasteiger partial charge on any atom is 0.134 e. The number of piperidine rings is 2. The first-order chi connectivity index (χ1) is 23.3. The summed E-state index contributed by atoms with van der Waals surface area (Å²) in [5.41, 5.74) is 4.34. The van der Waals surface area contributed by atoms with Crippen molar-refractivity contribution in [2.75, 3.05) is 26.2 Å². The fraction of sp³-hybridized carbons (Fsp3) is 0.300. The maximum absolute atomic E-state index is 9.72. The first-order valence-corrected chi connectivity index (χ1v) is 18.3. The summed E-state index contributed by atoms with van der Waals surface area (Å²) in [6, 6.07) is 31.8. The number of benzene rings is 4. The zero-order valence-corrected chi connectivity index (χ0v) is 34.7. The Morgan fingerprint density at radius 2 is 1.02 bits per heavy atom. The van der Waals surface area contributed by atoms with E-state index in [-0.39, 0.29) is 39.4 Å². The molecule has 6 aromatic rings. The summed E-state index contributed by atoms with van der Waals surface area (Å²) in [7, 11) is 0. The van der Waals surface area contributed by atoms with Crippen molar-refractivity contribution in [1.29, 1.82) is 0 Å². The lowest BCUT2D eigenvalue weighted by atomic mass is 9.90. The lowest BCUT2D eigenvalue weighted by molar-refractivity contribution is 0.188. The minimum absolute atomic E-state index is 0. The molecule has 2 fully saturated rings. The number of furan rings is 2. The van der Waals surface area contributed by atoms with Gasteiger partial charge in [0.25, 0.3) is 0 Å². The van der Waals surface area contributed by atoms with Gasteiger partial charge in [-0.2, -0.15) is 0 Å². The maximum atomic E-state index is 9.72. The van der Waals surface area contributed by atoms with Gasteiger partial charge in [0.2, 0.25) is 0 Å². The Labute approximate surface area is 336 Å². The van der Waals surface area contributed by atoms with Crippen LogP contribution in [0.5, 0.6) is 11.5 Å². The molecule has 2 aromatic heterocycles. The molecule has 2 unspecified atom stereocenters. The van der Waals surface area contributed by atoms with Gasteiger partial charge in [0.05, 0.1) is 13.1 Å². The standard InChI is InChI=1S/2C20H20BrNO2.2BrH.H2O/c2*21-17-6-7-20-16(9-17)11-19(24-20)13-22-8-2-4-15(12-22)14-3-1-5-18(23)10-14;;;/h2*1,3,5-7,9-11,15,23H,2,4,8,12-13H2;2*1H;1H2. The van der Waals surface area contributed by atoms with E-state index in [2.05, 4.69) is 78.1 Å². The van der Waals surface area contributed by atoms with Crippen LogP contribution >= 0.6 is 65.8 Å². The van der Waals surface area contributed by atoms with Gasteiger partial charge in [-0.15, -0.1) is 34.0 Å². The van der Waals surface area contributed by atoms with E-state index >= 15 is 0 Å². The molecule has 0 saturated carbocycles. The second kappa shape index (κ2) is 18.9. The second-order valence-corrected chi connectivity index (χ2v) is 15.0. The first-order valence-electron chi connectivity index (χ1n) is 16.7. The summed E-state index contributed by atoms with van der Waals surface area (Å²) in [6.45, 7) is 5.86. The van der Waals surface area contributed by atoms with Gasteiger partial charge in [-0.1, -0.05) is 56.1 Å². The van der Waals surface area contributed by atoms with Gasteiger partial charge in [-0.3, -0.25) is 9.80 Å². The molecule has 2 saturated heterocycles. The van der Waals surface area contributed by atoms with Crippen LogP contribution < -0.4 is 0 Å². The van der Waals surface area contributed by atoms with Gasteiger partial charge < -0.3 is 24.5 Å². The van der Waals surface area contributed by atoms with Crippen LogP contribution in [0.15, 0.2) is 115 Å². The average molecular weight is 952 g/mol. The van der Waals surface area contributed by atoms with Crippen molar-refractivity contribution in [3.05, 3.63) is 129 Å². The van der Waals surface area contributed by atoms with E-state index in [4.69, 9.17) is 8.83 Å². The number of aromatic hydroxyl groups is 2. The zero-order chi connectivity index (χ0) is 33.0. The summed E-state index contributed by atoms with van der Waals surface area (Å²) in [6.07, 6.45) is 4.69. The topological polar surface area (TPSA) is 105 Å². The van der Waals surface area contributed by atoms with Gasteiger partial charge in [-0.25, -0.2) is 0 Å². The number of phenols is 2. The molecule has 4 aromatic carbocycles.